The second-order valence-electron chi connectivity index (χ2n) is 7.81. The fraction of sp³-hybridized carbons (Fsp3) is 0.154. The number of nitrogens with one attached hydrogen (secondary N) is 2. The predicted octanol–water partition coefficient (Wildman–Crippen LogP) is 6.41. The van der Waals surface area contributed by atoms with Crippen LogP contribution in [0.25, 0.3) is 10.9 Å². The van der Waals surface area contributed by atoms with Crippen LogP contribution in [0.2, 0.25) is 5.02 Å². The molecule has 1 aromatic heterocycles. The summed E-state index contributed by atoms with van der Waals surface area (Å²) in [6.45, 7) is 2.73. The summed E-state index contributed by atoms with van der Waals surface area (Å²) in [4.78, 5) is 16.8. The van der Waals surface area contributed by atoms with Gasteiger partial charge in [-0.1, -0.05) is 11.6 Å². The molecule has 5 rings (SSSR count). The molecule has 1 aliphatic heterocycles. The molecule has 2 amide bonds. The molecule has 2 N–H and O–H groups in total. The monoisotopic (exact) mass is 491 g/mol. The van der Waals surface area contributed by atoms with Crippen LogP contribution in [-0.2, 0) is 0 Å². The third-order valence-corrected chi connectivity index (χ3v) is 5.84. The molecule has 1 aliphatic rings. The minimum absolute atomic E-state index is 0.363. The maximum Gasteiger partial charge on any atom is 0.323 e. The van der Waals surface area contributed by atoms with Crippen molar-refractivity contribution in [2.24, 2.45) is 0 Å². The summed E-state index contributed by atoms with van der Waals surface area (Å²) in [5.41, 5.74) is 2.81. The molecule has 178 valence electrons. The summed E-state index contributed by atoms with van der Waals surface area (Å²) in [7, 11) is 1.58. The van der Waals surface area contributed by atoms with Gasteiger partial charge in [0.15, 0.2) is 11.5 Å². The summed E-state index contributed by atoms with van der Waals surface area (Å²) in [6, 6.07) is 15.5. The molecule has 8 nitrogen and oxygen atoms in total. The van der Waals surface area contributed by atoms with Gasteiger partial charge in [-0.05, 0) is 61.0 Å². The number of halogens is 1. The van der Waals surface area contributed by atoms with Gasteiger partial charge in [0.2, 0.25) is 5.75 Å². The van der Waals surface area contributed by atoms with Gasteiger partial charge in [0.05, 0.1) is 18.0 Å². The number of benzene rings is 3. The van der Waals surface area contributed by atoms with Crippen molar-refractivity contribution in [2.75, 3.05) is 31.0 Å². The molecule has 2 heterocycles. The maximum absolute atomic E-state index is 12.4. The number of nitrogens with zero attached hydrogens (tertiary/aromatic N) is 1. The smallest absolute Gasteiger partial charge is 0.323 e. The number of hydrogen-bond acceptors (Lipinski definition) is 6. The summed E-state index contributed by atoms with van der Waals surface area (Å²) in [6.07, 6.45) is 1.66. The number of urea groups is 1. The lowest BCUT2D eigenvalue weighted by Crippen LogP contribution is -2.19. The molecule has 0 saturated carbocycles. The number of hydrogen-bond donors (Lipinski definition) is 2. The van der Waals surface area contributed by atoms with Crippen molar-refractivity contribution in [1.82, 2.24) is 4.98 Å². The van der Waals surface area contributed by atoms with Crippen molar-refractivity contribution in [3.05, 3.63) is 71.4 Å². The van der Waals surface area contributed by atoms with E-state index in [1.165, 1.54) is 0 Å². The summed E-state index contributed by atoms with van der Waals surface area (Å²) in [5, 5.41) is 6.93. The van der Waals surface area contributed by atoms with Gasteiger partial charge in [-0.15, -0.1) is 0 Å². The molecule has 0 atom stereocenters. The Labute approximate surface area is 206 Å². The molecular weight excluding hydrogens is 470 g/mol. The molecule has 4 aromatic rings. The van der Waals surface area contributed by atoms with Crippen molar-refractivity contribution in [3.8, 4) is 28.7 Å². The number of aromatic nitrogens is 1. The zero-order chi connectivity index (χ0) is 24.4. The Morgan fingerprint density at radius 2 is 1.66 bits per heavy atom. The second kappa shape index (κ2) is 9.60. The van der Waals surface area contributed by atoms with E-state index in [0.717, 1.165) is 5.56 Å². The van der Waals surface area contributed by atoms with Gasteiger partial charge in [0, 0.05) is 28.7 Å². The average Bonchev–Trinajstić information content (AvgIpc) is 2.87. The zero-order valence-corrected chi connectivity index (χ0v) is 19.8. The Morgan fingerprint density at radius 1 is 0.943 bits per heavy atom. The predicted molar refractivity (Wildman–Crippen MR) is 135 cm³/mol. The third-order valence-electron chi connectivity index (χ3n) is 5.42. The fourth-order valence-corrected chi connectivity index (χ4v) is 3.88. The number of methoxy groups -OCH3 is 1. The van der Waals surface area contributed by atoms with E-state index in [9.17, 15) is 4.79 Å². The van der Waals surface area contributed by atoms with Crippen molar-refractivity contribution in [1.29, 1.82) is 0 Å². The van der Waals surface area contributed by atoms with Gasteiger partial charge < -0.3 is 29.6 Å². The first-order valence-electron chi connectivity index (χ1n) is 10.9. The molecule has 0 fully saturated rings. The van der Waals surface area contributed by atoms with Crippen LogP contribution in [0, 0.1) is 6.92 Å². The molecule has 3 aromatic carbocycles. The highest BCUT2D eigenvalue weighted by atomic mass is 35.5. The van der Waals surface area contributed by atoms with Gasteiger partial charge >= 0.3 is 6.03 Å². The normalized spacial score (nSPS) is 12.2. The first kappa shape index (κ1) is 22.6. The number of ether oxygens (including phenoxy) is 4. The van der Waals surface area contributed by atoms with Gasteiger partial charge in [0.25, 0.3) is 0 Å². The Bertz CT molecular complexity index is 1410. The Kier molecular flexibility index (Phi) is 6.20. The SMILES string of the molecule is COc1cc2nccc(Oc3ccc(NC(=O)Nc4ccc(Cl)c(C)c4)cc3)c2c2c1OCCO2. The van der Waals surface area contributed by atoms with Crippen molar-refractivity contribution in [2.45, 2.75) is 6.92 Å². The summed E-state index contributed by atoms with van der Waals surface area (Å²) in [5.74, 6) is 2.78. The number of carbonyl (C=O) groups excluding carboxylic acids is 1. The van der Waals surface area contributed by atoms with E-state index in [2.05, 4.69) is 15.6 Å². The first-order chi connectivity index (χ1) is 17.0. The molecule has 35 heavy (non-hydrogen) atoms. The average molecular weight is 492 g/mol. The van der Waals surface area contributed by atoms with Gasteiger partial charge in [-0.25, -0.2) is 4.79 Å². The number of rotatable bonds is 5. The van der Waals surface area contributed by atoms with Crippen LogP contribution < -0.4 is 29.6 Å². The van der Waals surface area contributed by atoms with Crippen LogP contribution in [0.15, 0.2) is 60.8 Å². The standard InChI is InChI=1S/C26H22ClN3O5/c1-15-13-17(5-8-19(15)27)30-26(31)29-16-3-6-18(7-4-16)35-21-9-10-28-20-14-22(32-2)24-25(23(20)21)34-12-11-33-24/h3-10,13-14H,11-12H2,1-2H3,(H2,29,30,31). The quantitative estimate of drug-likeness (QED) is 0.335. The lowest BCUT2D eigenvalue weighted by Gasteiger charge is -2.23. The summed E-state index contributed by atoms with van der Waals surface area (Å²) < 4.78 is 23.3. The fourth-order valence-electron chi connectivity index (χ4n) is 3.76. The highest BCUT2D eigenvalue weighted by molar-refractivity contribution is 6.31. The minimum atomic E-state index is -0.363. The Hall–Kier alpha value is -4.17. The first-order valence-corrected chi connectivity index (χ1v) is 11.3. The molecule has 0 radical (unpaired) electrons. The number of pyridine rings is 1. The van der Waals surface area contributed by atoms with Crippen molar-refractivity contribution in [3.63, 3.8) is 0 Å². The topological polar surface area (TPSA) is 90.9 Å². The number of amides is 2. The van der Waals surface area contributed by atoms with Crippen LogP contribution in [0.1, 0.15) is 5.56 Å². The van der Waals surface area contributed by atoms with E-state index >= 15 is 0 Å². The van der Waals surface area contributed by atoms with Crippen LogP contribution in [0.4, 0.5) is 16.2 Å². The van der Waals surface area contributed by atoms with Crippen molar-refractivity contribution >= 4 is 39.9 Å². The van der Waals surface area contributed by atoms with Crippen LogP contribution >= 0.6 is 11.6 Å². The van der Waals surface area contributed by atoms with Crippen molar-refractivity contribution < 1.29 is 23.7 Å². The molecule has 0 saturated heterocycles. The van der Waals surface area contributed by atoms with Gasteiger partial charge in [-0.3, -0.25) is 4.98 Å². The van der Waals surface area contributed by atoms with E-state index in [-0.39, 0.29) is 6.03 Å². The van der Waals surface area contributed by atoms with E-state index in [1.807, 2.05) is 6.92 Å². The number of aryl methyl sites for hydroxylation is 1. The van der Waals surface area contributed by atoms with Gasteiger partial charge in [-0.2, -0.15) is 0 Å². The zero-order valence-electron chi connectivity index (χ0n) is 19.1. The van der Waals surface area contributed by atoms with E-state index in [0.29, 0.717) is 69.3 Å². The number of fused-ring (bicyclic) bond motifs is 3. The molecule has 9 heteroatoms. The van der Waals surface area contributed by atoms with E-state index in [1.54, 1.807) is 67.9 Å². The Morgan fingerprint density at radius 3 is 2.40 bits per heavy atom. The molecule has 0 unspecified atom stereocenters. The highest BCUT2D eigenvalue weighted by Gasteiger charge is 2.24. The lowest BCUT2D eigenvalue weighted by molar-refractivity contribution is 0.167. The molecule has 0 bridgehead atoms. The second-order valence-corrected chi connectivity index (χ2v) is 8.21. The minimum Gasteiger partial charge on any atom is -0.493 e. The number of anilines is 2. The summed E-state index contributed by atoms with van der Waals surface area (Å²) >= 11 is 6.04. The van der Waals surface area contributed by atoms with Crippen LogP contribution in [0.5, 0.6) is 28.7 Å². The van der Waals surface area contributed by atoms with Crippen LogP contribution in [-0.4, -0.2) is 31.3 Å². The Balaban J connectivity index is 1.33. The maximum atomic E-state index is 12.4. The largest absolute Gasteiger partial charge is 0.493 e. The molecule has 0 aliphatic carbocycles. The molecule has 0 spiro atoms. The van der Waals surface area contributed by atoms with E-state index < -0.39 is 0 Å². The van der Waals surface area contributed by atoms with Crippen LogP contribution in [0.3, 0.4) is 0 Å². The number of carbonyl (C=O) groups is 1. The molecular formula is C26H22ClN3O5. The van der Waals surface area contributed by atoms with Gasteiger partial charge in [0.1, 0.15) is 24.7 Å². The highest BCUT2D eigenvalue weighted by Crippen LogP contribution is 2.48. The van der Waals surface area contributed by atoms with E-state index in [4.69, 9.17) is 30.5 Å². The third kappa shape index (κ3) is 4.74. The lowest BCUT2D eigenvalue weighted by atomic mass is 10.1.